The lowest BCUT2D eigenvalue weighted by atomic mass is 9.93. The van der Waals surface area contributed by atoms with Crippen LogP contribution in [0.1, 0.15) is 47.2 Å². The smallest absolute Gasteiger partial charge is 0.335 e. The van der Waals surface area contributed by atoms with Gasteiger partial charge in [0.1, 0.15) is 11.5 Å². The Balaban J connectivity index is 1.90. The predicted octanol–water partition coefficient (Wildman–Crippen LogP) is 3.64. The van der Waals surface area contributed by atoms with Gasteiger partial charge < -0.3 is 19.9 Å². The standard InChI is InChI=1S/C22H27NO5/c1-4-15(16-7-9-19(27-2)10-8-16)14-21(24)23-12-11-17-5-6-18(22(25)26)13-20(17)28-3/h5-10,13,15H,4,11-12,14H2,1-3H3,(H,23,24)(H,25,26). The van der Waals surface area contributed by atoms with E-state index in [1.54, 1.807) is 19.2 Å². The van der Waals surface area contributed by atoms with Crippen LogP contribution >= 0.6 is 0 Å². The number of carboxylic acid groups (broad SMARTS) is 1. The topological polar surface area (TPSA) is 84.9 Å². The SMILES string of the molecule is CCC(CC(=O)NCCc1ccc(C(=O)O)cc1OC)c1ccc(OC)cc1. The van der Waals surface area contributed by atoms with Crippen LogP contribution in [0, 0.1) is 0 Å². The number of hydrogen-bond donors (Lipinski definition) is 2. The first-order valence-corrected chi connectivity index (χ1v) is 9.29. The maximum absolute atomic E-state index is 12.4. The normalized spacial score (nSPS) is 11.5. The van der Waals surface area contributed by atoms with E-state index in [9.17, 15) is 9.59 Å². The van der Waals surface area contributed by atoms with Crippen molar-refractivity contribution in [3.63, 3.8) is 0 Å². The lowest BCUT2D eigenvalue weighted by Crippen LogP contribution is -2.27. The minimum atomic E-state index is -0.998. The minimum Gasteiger partial charge on any atom is -0.497 e. The zero-order valence-electron chi connectivity index (χ0n) is 16.5. The van der Waals surface area contributed by atoms with Crippen molar-refractivity contribution in [2.45, 2.75) is 32.1 Å². The second-order valence-electron chi connectivity index (χ2n) is 6.51. The molecular formula is C22H27NO5. The van der Waals surface area contributed by atoms with E-state index in [1.807, 2.05) is 24.3 Å². The Kier molecular flexibility index (Phi) is 7.87. The lowest BCUT2D eigenvalue weighted by molar-refractivity contribution is -0.121. The van der Waals surface area contributed by atoms with Crippen LogP contribution in [0.15, 0.2) is 42.5 Å². The molecule has 2 N–H and O–H groups in total. The molecule has 28 heavy (non-hydrogen) atoms. The summed E-state index contributed by atoms with van der Waals surface area (Å²) in [7, 11) is 3.13. The number of carbonyl (C=O) groups excluding carboxylic acids is 1. The summed E-state index contributed by atoms with van der Waals surface area (Å²) in [5.74, 6) is 0.450. The average Bonchev–Trinajstić information content (AvgIpc) is 2.72. The van der Waals surface area contributed by atoms with Gasteiger partial charge in [-0.15, -0.1) is 0 Å². The molecule has 1 atom stereocenters. The molecule has 0 radical (unpaired) electrons. The number of rotatable bonds is 10. The largest absolute Gasteiger partial charge is 0.497 e. The van der Waals surface area contributed by atoms with E-state index in [-0.39, 0.29) is 17.4 Å². The van der Waals surface area contributed by atoms with Crippen molar-refractivity contribution in [2.24, 2.45) is 0 Å². The number of carboxylic acids is 1. The highest BCUT2D eigenvalue weighted by atomic mass is 16.5. The summed E-state index contributed by atoms with van der Waals surface area (Å²) in [6.07, 6.45) is 1.84. The molecule has 0 spiro atoms. The number of hydrogen-bond acceptors (Lipinski definition) is 4. The second-order valence-corrected chi connectivity index (χ2v) is 6.51. The summed E-state index contributed by atoms with van der Waals surface area (Å²) >= 11 is 0. The summed E-state index contributed by atoms with van der Waals surface area (Å²) in [4.78, 5) is 23.4. The highest BCUT2D eigenvalue weighted by Crippen LogP contribution is 2.25. The third-order valence-electron chi connectivity index (χ3n) is 4.76. The molecule has 1 unspecified atom stereocenters. The Morgan fingerprint density at radius 1 is 1.07 bits per heavy atom. The molecular weight excluding hydrogens is 358 g/mol. The van der Waals surface area contributed by atoms with Crippen LogP contribution in [0.25, 0.3) is 0 Å². The molecule has 150 valence electrons. The fourth-order valence-electron chi connectivity index (χ4n) is 3.09. The molecule has 2 aromatic rings. The number of amides is 1. The van der Waals surface area contributed by atoms with Crippen molar-refractivity contribution in [3.8, 4) is 11.5 Å². The number of benzene rings is 2. The molecule has 0 saturated heterocycles. The third-order valence-corrected chi connectivity index (χ3v) is 4.76. The van der Waals surface area contributed by atoms with Crippen molar-refractivity contribution in [1.29, 1.82) is 0 Å². The van der Waals surface area contributed by atoms with Crippen LogP contribution in [0.2, 0.25) is 0 Å². The van der Waals surface area contributed by atoms with Crippen molar-refractivity contribution in [3.05, 3.63) is 59.2 Å². The first-order chi connectivity index (χ1) is 13.5. The lowest BCUT2D eigenvalue weighted by Gasteiger charge is -2.16. The number of aromatic carboxylic acids is 1. The summed E-state index contributed by atoms with van der Waals surface area (Å²) in [5, 5.41) is 12.0. The van der Waals surface area contributed by atoms with Gasteiger partial charge in [-0.25, -0.2) is 4.79 Å². The Morgan fingerprint density at radius 3 is 2.36 bits per heavy atom. The molecule has 0 aromatic heterocycles. The van der Waals surface area contributed by atoms with Crippen LogP contribution in [-0.2, 0) is 11.2 Å². The molecule has 2 aromatic carbocycles. The number of nitrogens with one attached hydrogen (secondary N) is 1. The van der Waals surface area contributed by atoms with E-state index >= 15 is 0 Å². The summed E-state index contributed by atoms with van der Waals surface area (Å²) in [6, 6.07) is 12.6. The molecule has 0 aliphatic rings. The molecule has 6 heteroatoms. The monoisotopic (exact) mass is 385 g/mol. The highest BCUT2D eigenvalue weighted by molar-refractivity contribution is 5.88. The van der Waals surface area contributed by atoms with Crippen molar-refractivity contribution >= 4 is 11.9 Å². The zero-order valence-corrected chi connectivity index (χ0v) is 16.5. The van der Waals surface area contributed by atoms with E-state index in [0.717, 1.165) is 23.3 Å². The van der Waals surface area contributed by atoms with Crippen LogP contribution in [0.5, 0.6) is 11.5 Å². The summed E-state index contributed by atoms with van der Waals surface area (Å²) in [5.41, 5.74) is 2.15. The maximum Gasteiger partial charge on any atom is 0.335 e. The van der Waals surface area contributed by atoms with Crippen molar-refractivity contribution < 1.29 is 24.2 Å². The molecule has 0 heterocycles. The number of carbonyl (C=O) groups is 2. The first kappa shape index (κ1) is 21.3. The molecule has 0 fully saturated rings. The van der Waals surface area contributed by atoms with Gasteiger partial charge in [0.2, 0.25) is 5.91 Å². The van der Waals surface area contributed by atoms with Gasteiger partial charge in [0.25, 0.3) is 0 Å². The van der Waals surface area contributed by atoms with Crippen molar-refractivity contribution in [1.82, 2.24) is 5.32 Å². The van der Waals surface area contributed by atoms with Crippen LogP contribution in [0.4, 0.5) is 0 Å². The Labute approximate surface area is 165 Å². The van der Waals surface area contributed by atoms with Gasteiger partial charge in [-0.3, -0.25) is 4.79 Å². The third kappa shape index (κ3) is 5.74. The van der Waals surface area contributed by atoms with Gasteiger partial charge in [-0.2, -0.15) is 0 Å². The quantitative estimate of drug-likeness (QED) is 0.652. The zero-order chi connectivity index (χ0) is 20.5. The Morgan fingerprint density at radius 2 is 1.79 bits per heavy atom. The molecule has 0 bridgehead atoms. The van der Waals surface area contributed by atoms with Crippen LogP contribution in [-0.4, -0.2) is 37.7 Å². The Bertz CT molecular complexity index is 801. The van der Waals surface area contributed by atoms with Gasteiger partial charge >= 0.3 is 5.97 Å². The van der Waals surface area contributed by atoms with Gasteiger partial charge in [0.15, 0.2) is 0 Å². The molecule has 1 amide bonds. The van der Waals surface area contributed by atoms with E-state index < -0.39 is 5.97 Å². The second kappa shape index (κ2) is 10.3. The number of methoxy groups -OCH3 is 2. The predicted molar refractivity (Wildman–Crippen MR) is 107 cm³/mol. The van der Waals surface area contributed by atoms with Crippen molar-refractivity contribution in [2.75, 3.05) is 20.8 Å². The molecule has 2 rings (SSSR count). The summed E-state index contributed by atoms with van der Waals surface area (Å²) < 4.78 is 10.4. The average molecular weight is 385 g/mol. The molecule has 0 aliphatic carbocycles. The fraction of sp³-hybridized carbons (Fsp3) is 0.364. The van der Waals surface area contributed by atoms with E-state index in [1.165, 1.54) is 13.2 Å². The van der Waals surface area contributed by atoms with Crippen LogP contribution in [0.3, 0.4) is 0 Å². The Hall–Kier alpha value is -3.02. The van der Waals surface area contributed by atoms with Crippen LogP contribution < -0.4 is 14.8 Å². The molecule has 6 nitrogen and oxygen atoms in total. The molecule has 0 saturated carbocycles. The minimum absolute atomic E-state index is 0.0104. The van der Waals surface area contributed by atoms with E-state index in [4.69, 9.17) is 14.6 Å². The maximum atomic E-state index is 12.4. The number of ether oxygens (including phenoxy) is 2. The van der Waals surface area contributed by atoms with E-state index in [0.29, 0.717) is 25.1 Å². The van der Waals surface area contributed by atoms with Gasteiger partial charge in [0, 0.05) is 13.0 Å². The molecule has 0 aliphatic heterocycles. The van der Waals surface area contributed by atoms with Gasteiger partial charge in [-0.05, 0) is 54.2 Å². The fourth-order valence-corrected chi connectivity index (χ4v) is 3.09. The van der Waals surface area contributed by atoms with Gasteiger partial charge in [0.05, 0.1) is 19.8 Å². The highest BCUT2D eigenvalue weighted by Gasteiger charge is 2.15. The van der Waals surface area contributed by atoms with Gasteiger partial charge in [-0.1, -0.05) is 25.1 Å². The van der Waals surface area contributed by atoms with E-state index in [2.05, 4.69) is 12.2 Å². The summed E-state index contributed by atoms with van der Waals surface area (Å²) in [6.45, 7) is 2.53. The first-order valence-electron chi connectivity index (χ1n) is 9.29.